The van der Waals surface area contributed by atoms with Gasteiger partial charge in [0.15, 0.2) is 0 Å². The Morgan fingerprint density at radius 1 is 1.44 bits per heavy atom. The number of para-hydroxylation sites is 1. The van der Waals surface area contributed by atoms with Gasteiger partial charge in [0.05, 0.1) is 11.3 Å². The second-order valence-electron chi connectivity index (χ2n) is 4.22. The summed E-state index contributed by atoms with van der Waals surface area (Å²) in [4.78, 5) is 13.1. The summed E-state index contributed by atoms with van der Waals surface area (Å²) in [5.74, 6) is -0.307. The van der Waals surface area contributed by atoms with Crippen LogP contribution in [-0.2, 0) is 0 Å². The zero-order valence-electron chi connectivity index (χ0n) is 10.1. The molecule has 16 heavy (non-hydrogen) atoms. The average Bonchev–Trinajstić information content (AvgIpc) is 2.28. The average molecular weight is 221 g/mol. The van der Waals surface area contributed by atoms with E-state index in [1.54, 1.807) is 12.1 Å². The molecule has 0 radical (unpaired) electrons. The van der Waals surface area contributed by atoms with Crippen LogP contribution in [0.25, 0.3) is 0 Å². The van der Waals surface area contributed by atoms with E-state index >= 15 is 0 Å². The number of carboxylic acids is 1. The van der Waals surface area contributed by atoms with Gasteiger partial charge in [0, 0.05) is 13.6 Å². The maximum Gasteiger partial charge on any atom is 0.337 e. The molecule has 0 spiro atoms. The molecule has 0 saturated carbocycles. The van der Waals surface area contributed by atoms with Crippen LogP contribution >= 0.6 is 0 Å². The number of nitrogens with zero attached hydrogens (tertiary/aromatic N) is 1. The van der Waals surface area contributed by atoms with Crippen LogP contribution in [0.4, 0.5) is 5.69 Å². The molecule has 3 heteroatoms. The summed E-state index contributed by atoms with van der Waals surface area (Å²) < 4.78 is 0. The van der Waals surface area contributed by atoms with Crippen LogP contribution < -0.4 is 4.90 Å². The van der Waals surface area contributed by atoms with Crippen LogP contribution in [0.3, 0.4) is 0 Å². The van der Waals surface area contributed by atoms with Gasteiger partial charge in [-0.15, -0.1) is 0 Å². The van der Waals surface area contributed by atoms with Crippen molar-refractivity contribution in [2.75, 3.05) is 18.5 Å². The van der Waals surface area contributed by atoms with Gasteiger partial charge in [0.1, 0.15) is 0 Å². The quantitative estimate of drug-likeness (QED) is 0.831. The summed E-state index contributed by atoms with van der Waals surface area (Å²) in [6.07, 6.45) is 1.10. The van der Waals surface area contributed by atoms with Gasteiger partial charge < -0.3 is 10.0 Å². The molecule has 0 bridgehead atoms. The molecule has 0 aliphatic rings. The largest absolute Gasteiger partial charge is 0.478 e. The first-order chi connectivity index (χ1) is 7.56. The van der Waals surface area contributed by atoms with E-state index in [9.17, 15) is 4.79 Å². The number of hydrogen-bond acceptors (Lipinski definition) is 2. The van der Waals surface area contributed by atoms with Gasteiger partial charge in [-0.3, -0.25) is 0 Å². The molecule has 0 amide bonds. The first-order valence-electron chi connectivity index (χ1n) is 5.59. The van der Waals surface area contributed by atoms with Gasteiger partial charge >= 0.3 is 5.97 Å². The highest BCUT2D eigenvalue weighted by Gasteiger charge is 2.13. The van der Waals surface area contributed by atoms with Crippen LogP contribution in [0.5, 0.6) is 0 Å². The maximum absolute atomic E-state index is 11.1. The molecule has 3 nitrogen and oxygen atoms in total. The monoisotopic (exact) mass is 221 g/mol. The first-order valence-corrected chi connectivity index (χ1v) is 5.59. The summed E-state index contributed by atoms with van der Waals surface area (Å²) >= 11 is 0. The van der Waals surface area contributed by atoms with Crippen LogP contribution in [0, 0.1) is 5.92 Å². The van der Waals surface area contributed by atoms with Gasteiger partial charge in [-0.25, -0.2) is 4.79 Å². The number of carboxylic acid groups (broad SMARTS) is 1. The molecule has 1 N–H and O–H groups in total. The van der Waals surface area contributed by atoms with Crippen LogP contribution in [0.15, 0.2) is 24.3 Å². The third kappa shape index (κ3) is 2.99. The molecule has 0 saturated heterocycles. The highest BCUT2D eigenvalue weighted by atomic mass is 16.4. The van der Waals surface area contributed by atoms with E-state index in [2.05, 4.69) is 13.8 Å². The number of benzene rings is 1. The normalized spacial score (nSPS) is 12.2. The van der Waals surface area contributed by atoms with Crippen molar-refractivity contribution in [2.24, 2.45) is 5.92 Å². The fourth-order valence-electron chi connectivity index (χ4n) is 1.68. The van der Waals surface area contributed by atoms with Gasteiger partial charge in [0.2, 0.25) is 0 Å². The molecule has 1 unspecified atom stereocenters. The maximum atomic E-state index is 11.1. The molecular formula is C13H19NO2. The second-order valence-corrected chi connectivity index (χ2v) is 4.22. The Labute approximate surface area is 96.7 Å². The van der Waals surface area contributed by atoms with E-state index in [4.69, 9.17) is 5.11 Å². The van der Waals surface area contributed by atoms with E-state index in [1.807, 2.05) is 24.1 Å². The molecule has 0 aliphatic carbocycles. The van der Waals surface area contributed by atoms with E-state index in [1.165, 1.54) is 0 Å². The van der Waals surface area contributed by atoms with Crippen molar-refractivity contribution < 1.29 is 9.90 Å². The van der Waals surface area contributed by atoms with Crippen LogP contribution in [0.1, 0.15) is 30.6 Å². The minimum absolute atomic E-state index is 0.369. The zero-order chi connectivity index (χ0) is 12.1. The summed E-state index contributed by atoms with van der Waals surface area (Å²) in [7, 11) is 1.94. The van der Waals surface area contributed by atoms with Crippen molar-refractivity contribution in [1.82, 2.24) is 0 Å². The van der Waals surface area contributed by atoms with Gasteiger partial charge in [-0.05, 0) is 18.1 Å². The van der Waals surface area contributed by atoms with E-state index in [0.717, 1.165) is 18.7 Å². The molecule has 88 valence electrons. The molecule has 0 aromatic heterocycles. The lowest BCUT2D eigenvalue weighted by atomic mass is 10.1. The van der Waals surface area contributed by atoms with Crippen molar-refractivity contribution in [1.29, 1.82) is 0 Å². The lowest BCUT2D eigenvalue weighted by Gasteiger charge is -2.24. The number of anilines is 1. The molecule has 1 rings (SSSR count). The SMILES string of the molecule is CCC(C)CN(C)c1ccccc1C(=O)O. The van der Waals surface area contributed by atoms with Crippen molar-refractivity contribution in [3.8, 4) is 0 Å². The summed E-state index contributed by atoms with van der Waals surface area (Å²) in [6.45, 7) is 5.18. The smallest absolute Gasteiger partial charge is 0.337 e. The lowest BCUT2D eigenvalue weighted by Crippen LogP contribution is -2.25. The highest BCUT2D eigenvalue weighted by Crippen LogP contribution is 2.20. The zero-order valence-corrected chi connectivity index (χ0v) is 10.1. The van der Waals surface area contributed by atoms with Crippen LogP contribution in [0.2, 0.25) is 0 Å². The second kappa shape index (κ2) is 5.54. The summed E-state index contributed by atoms with van der Waals surface area (Å²) in [6, 6.07) is 7.12. The van der Waals surface area contributed by atoms with Crippen LogP contribution in [-0.4, -0.2) is 24.7 Å². The number of carbonyl (C=O) groups is 1. The molecule has 1 aromatic rings. The number of aromatic carboxylic acids is 1. The Hall–Kier alpha value is -1.51. The van der Waals surface area contributed by atoms with E-state index < -0.39 is 5.97 Å². The van der Waals surface area contributed by atoms with Crippen molar-refractivity contribution in [3.63, 3.8) is 0 Å². The Morgan fingerprint density at radius 3 is 2.62 bits per heavy atom. The third-order valence-electron chi connectivity index (χ3n) is 2.83. The third-order valence-corrected chi connectivity index (χ3v) is 2.83. The van der Waals surface area contributed by atoms with Crippen molar-refractivity contribution >= 4 is 11.7 Å². The van der Waals surface area contributed by atoms with E-state index in [-0.39, 0.29) is 0 Å². The predicted octanol–water partition coefficient (Wildman–Crippen LogP) is 2.87. The molecule has 1 atom stereocenters. The number of rotatable bonds is 5. The minimum Gasteiger partial charge on any atom is -0.478 e. The van der Waals surface area contributed by atoms with Crippen molar-refractivity contribution in [2.45, 2.75) is 20.3 Å². The molecule has 0 fully saturated rings. The Kier molecular flexibility index (Phi) is 4.35. The first kappa shape index (κ1) is 12.6. The molecule has 0 heterocycles. The standard InChI is InChI=1S/C13H19NO2/c1-4-10(2)9-14(3)12-8-6-5-7-11(12)13(15)16/h5-8,10H,4,9H2,1-3H3,(H,15,16). The topological polar surface area (TPSA) is 40.5 Å². The Morgan fingerprint density at radius 2 is 2.06 bits per heavy atom. The van der Waals surface area contributed by atoms with E-state index in [0.29, 0.717) is 11.5 Å². The fraction of sp³-hybridized carbons (Fsp3) is 0.462. The minimum atomic E-state index is -0.869. The summed E-state index contributed by atoms with van der Waals surface area (Å²) in [5, 5.41) is 9.08. The fourth-order valence-corrected chi connectivity index (χ4v) is 1.68. The molecular weight excluding hydrogens is 202 g/mol. The molecule has 1 aromatic carbocycles. The van der Waals surface area contributed by atoms with Gasteiger partial charge in [-0.2, -0.15) is 0 Å². The lowest BCUT2D eigenvalue weighted by molar-refractivity contribution is 0.0697. The van der Waals surface area contributed by atoms with Gasteiger partial charge in [-0.1, -0.05) is 32.4 Å². The number of hydrogen-bond donors (Lipinski definition) is 1. The predicted molar refractivity (Wildman–Crippen MR) is 66.1 cm³/mol. The summed E-state index contributed by atoms with van der Waals surface area (Å²) in [5.41, 5.74) is 1.16. The Balaban J connectivity index is 2.90. The molecule has 0 aliphatic heterocycles. The van der Waals surface area contributed by atoms with Crippen molar-refractivity contribution in [3.05, 3.63) is 29.8 Å². The van der Waals surface area contributed by atoms with Gasteiger partial charge in [0.25, 0.3) is 0 Å². The Bertz CT molecular complexity index is 363. The highest BCUT2D eigenvalue weighted by molar-refractivity contribution is 5.94.